The first kappa shape index (κ1) is 15.9. The van der Waals surface area contributed by atoms with Crippen LogP contribution < -0.4 is 0 Å². The minimum atomic E-state index is -0.264. The van der Waals surface area contributed by atoms with E-state index in [-0.39, 0.29) is 28.4 Å². The highest BCUT2D eigenvalue weighted by Gasteiger charge is 1.77. The number of aliphatic hydroxyl groups excluding tert-OH is 1. The minimum absolute atomic E-state index is 0. The summed E-state index contributed by atoms with van der Waals surface area (Å²) in [7, 11) is 0. The zero-order valence-electron chi connectivity index (χ0n) is 4.39. The van der Waals surface area contributed by atoms with Gasteiger partial charge in [0.05, 0.1) is 0 Å². The van der Waals surface area contributed by atoms with Crippen LogP contribution in [0.3, 0.4) is 0 Å². The third-order valence-electron chi connectivity index (χ3n) is 0.462. The van der Waals surface area contributed by atoms with Crippen LogP contribution in [-0.4, -0.2) is 25.3 Å². The molecule has 0 rings (SSSR count). The molecule has 1 N–H and O–H groups in total. The molecule has 9 heavy (non-hydrogen) atoms. The van der Waals surface area contributed by atoms with Crippen molar-refractivity contribution in [1.82, 2.24) is 0 Å². The Kier molecular flexibility index (Phi) is 27.8. The lowest BCUT2D eigenvalue weighted by atomic mass is 10.9. The van der Waals surface area contributed by atoms with Crippen LogP contribution in [0, 0.1) is 0 Å². The van der Waals surface area contributed by atoms with Gasteiger partial charge in [0.25, 0.3) is 0 Å². The van der Waals surface area contributed by atoms with Crippen LogP contribution in [0.4, 0.5) is 0 Å². The van der Waals surface area contributed by atoms with Crippen molar-refractivity contribution in [1.29, 1.82) is 0 Å². The number of rotatable bonds is 4. The summed E-state index contributed by atoms with van der Waals surface area (Å²) in [5.41, 5.74) is 0. The maximum Gasteiger partial charge on any atom is 0.149 e. The van der Waals surface area contributed by atoms with Crippen LogP contribution in [0.15, 0.2) is 0 Å². The van der Waals surface area contributed by atoms with E-state index in [1.165, 1.54) is 0 Å². The maximum atomic E-state index is 7.99. The fourth-order valence-electron chi connectivity index (χ4n) is 0.180. The minimum Gasteiger partial charge on any atom is -0.371 e. The first-order valence-electron chi connectivity index (χ1n) is 2.18. The van der Waals surface area contributed by atoms with Crippen LogP contribution in [0.2, 0.25) is 0 Å². The topological polar surface area (TPSA) is 38.7 Å². The molecule has 0 unspecified atom stereocenters. The molecule has 0 aromatic heterocycles. The van der Waals surface area contributed by atoms with E-state index in [0.29, 0.717) is 6.61 Å². The molecule has 0 aliphatic carbocycles. The third kappa shape index (κ3) is 18.1. The second-order valence-corrected chi connectivity index (χ2v) is 0.944. The quantitative estimate of drug-likeness (QED) is 0.469. The van der Waals surface area contributed by atoms with Gasteiger partial charge < -0.3 is 14.6 Å². The van der Waals surface area contributed by atoms with Gasteiger partial charge in [0.15, 0.2) is 0 Å². The molecule has 3 heteroatoms. The van der Waals surface area contributed by atoms with Crippen molar-refractivity contribution in [3.63, 3.8) is 0 Å². The summed E-state index contributed by atoms with van der Waals surface area (Å²) in [5.74, 6) is 0. The predicted octanol–water partition coefficient (Wildman–Crippen LogP) is 1.22. The van der Waals surface area contributed by atoms with Crippen LogP contribution in [0.25, 0.3) is 0 Å². The Morgan fingerprint density at radius 3 is 2.11 bits per heavy atom. The third-order valence-corrected chi connectivity index (χ3v) is 0.462. The summed E-state index contributed by atoms with van der Waals surface area (Å²) < 4.78 is 9.10. The van der Waals surface area contributed by atoms with Gasteiger partial charge in [-0.25, -0.2) is 0 Å². The molecule has 0 amide bonds. The molecule has 3 nitrogen and oxygen atoms in total. The lowest BCUT2D eigenvalue weighted by Crippen LogP contribution is -1.99. The Morgan fingerprint density at radius 2 is 1.78 bits per heavy atom. The summed E-state index contributed by atoms with van der Waals surface area (Å²) in [6, 6.07) is 0. The average molecular weight is 138 g/mol. The number of hydrogen-bond donors (Lipinski definition) is 1. The van der Waals surface area contributed by atoms with Gasteiger partial charge in [0.1, 0.15) is 13.6 Å². The van der Waals surface area contributed by atoms with E-state index in [1.54, 1.807) is 0 Å². The average Bonchev–Trinajstić information content (AvgIpc) is 1.69. The Balaban J connectivity index is -0.000000180. The van der Waals surface area contributed by atoms with Gasteiger partial charge in [-0.2, -0.15) is 0 Å². The molecule has 0 atom stereocenters. The molecule has 0 fully saturated rings. The summed E-state index contributed by atoms with van der Waals surface area (Å²) in [6.45, 7) is 2.41. The van der Waals surface area contributed by atoms with Gasteiger partial charge in [-0.1, -0.05) is 14.9 Å². The van der Waals surface area contributed by atoms with Crippen LogP contribution >= 0.6 is 0 Å². The largest absolute Gasteiger partial charge is 0.371 e. The molecular formula is C6H18O3. The number of aliphatic hydroxyl groups is 1. The lowest BCUT2D eigenvalue weighted by Gasteiger charge is -1.96. The molecule has 0 radical (unpaired) electrons. The Hall–Kier alpha value is -0.120. The van der Waals surface area contributed by atoms with Crippen molar-refractivity contribution in [2.45, 2.75) is 21.8 Å². The summed E-state index contributed by atoms with van der Waals surface area (Å²) >= 11 is 0. The SMILES string of the molecule is C.C.CCOCOCO. The highest BCUT2D eigenvalue weighted by molar-refractivity contribution is 4.03. The number of ether oxygens (including phenoxy) is 2. The van der Waals surface area contributed by atoms with E-state index in [2.05, 4.69) is 4.74 Å². The Morgan fingerprint density at radius 1 is 1.22 bits per heavy atom. The molecule has 0 saturated heterocycles. The summed E-state index contributed by atoms with van der Waals surface area (Å²) in [4.78, 5) is 0. The molecule has 0 aliphatic rings. The molecule has 0 aromatic carbocycles. The van der Waals surface area contributed by atoms with Gasteiger partial charge in [-0.05, 0) is 6.92 Å². The first-order valence-corrected chi connectivity index (χ1v) is 2.18. The normalized spacial score (nSPS) is 7.33. The first-order chi connectivity index (χ1) is 3.41. The highest BCUT2D eigenvalue weighted by Crippen LogP contribution is 1.72. The molecule has 60 valence electrons. The van der Waals surface area contributed by atoms with Gasteiger partial charge in [0, 0.05) is 6.61 Å². The molecule has 0 aromatic rings. The van der Waals surface area contributed by atoms with Gasteiger partial charge in [0.2, 0.25) is 0 Å². The van der Waals surface area contributed by atoms with Crippen LogP contribution in [0.5, 0.6) is 0 Å². The van der Waals surface area contributed by atoms with Gasteiger partial charge in [-0.15, -0.1) is 0 Å². The fourth-order valence-corrected chi connectivity index (χ4v) is 0.180. The van der Waals surface area contributed by atoms with Crippen LogP contribution in [0.1, 0.15) is 21.8 Å². The van der Waals surface area contributed by atoms with E-state index in [0.717, 1.165) is 0 Å². The van der Waals surface area contributed by atoms with Gasteiger partial charge >= 0.3 is 0 Å². The van der Waals surface area contributed by atoms with Crippen molar-refractivity contribution in [3.8, 4) is 0 Å². The summed E-state index contributed by atoms with van der Waals surface area (Å²) in [5, 5.41) is 7.99. The Labute approximate surface area is 57.6 Å². The van der Waals surface area contributed by atoms with E-state index in [4.69, 9.17) is 9.84 Å². The van der Waals surface area contributed by atoms with E-state index in [1.807, 2.05) is 6.92 Å². The van der Waals surface area contributed by atoms with Crippen LogP contribution in [-0.2, 0) is 9.47 Å². The van der Waals surface area contributed by atoms with E-state index >= 15 is 0 Å². The molecule has 0 heterocycles. The van der Waals surface area contributed by atoms with Crippen molar-refractivity contribution in [2.75, 3.05) is 20.2 Å². The molecular weight excluding hydrogens is 120 g/mol. The molecule has 0 bridgehead atoms. The molecule has 0 spiro atoms. The monoisotopic (exact) mass is 138 g/mol. The maximum absolute atomic E-state index is 7.99. The summed E-state index contributed by atoms with van der Waals surface area (Å²) in [6.07, 6.45) is 0. The highest BCUT2D eigenvalue weighted by atomic mass is 16.7. The second-order valence-electron chi connectivity index (χ2n) is 0.944. The van der Waals surface area contributed by atoms with Crippen molar-refractivity contribution in [3.05, 3.63) is 0 Å². The smallest absolute Gasteiger partial charge is 0.149 e. The Bertz CT molecular complexity index is 27.5. The fraction of sp³-hybridized carbons (Fsp3) is 1.00. The predicted molar refractivity (Wildman–Crippen MR) is 38.1 cm³/mol. The number of hydrogen-bond acceptors (Lipinski definition) is 3. The van der Waals surface area contributed by atoms with Crippen molar-refractivity contribution < 1.29 is 14.6 Å². The van der Waals surface area contributed by atoms with E-state index < -0.39 is 0 Å². The molecule has 0 aliphatic heterocycles. The lowest BCUT2D eigenvalue weighted by molar-refractivity contribution is -0.105. The van der Waals surface area contributed by atoms with Crippen molar-refractivity contribution in [2.24, 2.45) is 0 Å². The molecule has 0 saturated carbocycles. The zero-order valence-corrected chi connectivity index (χ0v) is 4.39. The standard InChI is InChI=1S/C4H10O3.2CH4/c1-2-6-4-7-3-5;;/h5H,2-4H2,1H3;2*1H4. The van der Waals surface area contributed by atoms with Gasteiger partial charge in [-0.3, -0.25) is 0 Å². The van der Waals surface area contributed by atoms with Crippen molar-refractivity contribution >= 4 is 0 Å². The zero-order chi connectivity index (χ0) is 5.54. The second kappa shape index (κ2) is 15.7. The van der Waals surface area contributed by atoms with E-state index in [9.17, 15) is 0 Å².